The Morgan fingerprint density at radius 3 is 2.62 bits per heavy atom. The van der Waals surface area contributed by atoms with Crippen molar-refractivity contribution in [1.29, 1.82) is 0 Å². The van der Waals surface area contributed by atoms with E-state index in [0.717, 1.165) is 16.9 Å². The molecule has 12 heteroatoms. The van der Waals surface area contributed by atoms with Gasteiger partial charge in [0, 0.05) is 12.1 Å². The van der Waals surface area contributed by atoms with Crippen molar-refractivity contribution < 1.29 is 33.0 Å². The van der Waals surface area contributed by atoms with Crippen molar-refractivity contribution in [2.75, 3.05) is 19.7 Å². The molecule has 0 bridgehead atoms. The Bertz CT molecular complexity index is 1500. The third-order valence-corrected chi connectivity index (χ3v) is 5.92. The fourth-order valence-electron chi connectivity index (χ4n) is 4.07. The van der Waals surface area contributed by atoms with Crippen molar-refractivity contribution in [3.8, 4) is 11.3 Å². The number of benzene rings is 2. The van der Waals surface area contributed by atoms with Gasteiger partial charge in [-0.05, 0) is 48.6 Å². The maximum absolute atomic E-state index is 14.3. The molecule has 1 fully saturated rings. The minimum absolute atomic E-state index is 0.142. The Hall–Kier alpha value is -4.61. The molecule has 0 radical (unpaired) electrons. The smallest absolute Gasteiger partial charge is 0.407 e. The second kappa shape index (κ2) is 14.3. The molecular weight excluding hydrogens is 550 g/mol. The molecule has 2 heterocycles. The number of carboxylic acids is 1. The number of carbonyl (C=O) groups excluding carboxylic acids is 2. The fourth-order valence-corrected chi connectivity index (χ4v) is 4.07. The number of hydrogen-bond acceptors (Lipinski definition) is 6. The van der Waals surface area contributed by atoms with E-state index in [1.165, 1.54) is 6.07 Å². The van der Waals surface area contributed by atoms with E-state index in [1.54, 1.807) is 42.5 Å². The van der Waals surface area contributed by atoms with Gasteiger partial charge in [-0.1, -0.05) is 57.2 Å². The first-order chi connectivity index (χ1) is 19.9. The number of amides is 2. The van der Waals surface area contributed by atoms with Crippen LogP contribution in [-0.2, 0) is 14.3 Å². The summed E-state index contributed by atoms with van der Waals surface area (Å²) in [6.45, 7) is 4.89. The number of carbonyl (C=O) groups is 3. The third kappa shape index (κ3) is 9.22. The highest BCUT2D eigenvalue weighted by Gasteiger charge is 2.34. The summed E-state index contributed by atoms with van der Waals surface area (Å²) in [6.07, 6.45) is 1.28. The van der Waals surface area contributed by atoms with Gasteiger partial charge in [0.15, 0.2) is 6.61 Å². The van der Waals surface area contributed by atoms with Gasteiger partial charge in [-0.2, -0.15) is 8.78 Å². The average molecular weight is 585 g/mol. The Balaban J connectivity index is 0.00000114. The molecular formula is C30H34F2N4O6. The molecule has 3 aromatic rings. The predicted molar refractivity (Wildman–Crippen MR) is 154 cm³/mol. The molecule has 2 aromatic carbocycles. The Morgan fingerprint density at radius 2 is 1.90 bits per heavy atom. The molecule has 1 unspecified atom stereocenters. The summed E-state index contributed by atoms with van der Waals surface area (Å²) in [5.41, 5.74) is 1.68. The summed E-state index contributed by atoms with van der Waals surface area (Å²) in [6, 6.07) is 12.4. The molecule has 42 heavy (non-hydrogen) atoms. The Kier molecular flexibility index (Phi) is 10.9. The summed E-state index contributed by atoms with van der Waals surface area (Å²) < 4.78 is 33.2. The van der Waals surface area contributed by atoms with Crippen LogP contribution in [0.4, 0.5) is 13.6 Å². The number of H-pyrrole nitrogens is 1. The highest BCUT2D eigenvalue weighted by molar-refractivity contribution is 5.87. The zero-order valence-electron chi connectivity index (χ0n) is 23.6. The lowest BCUT2D eigenvalue weighted by Crippen LogP contribution is -2.45. The lowest BCUT2D eigenvalue weighted by molar-refractivity contribution is -0.147. The first-order valence-electron chi connectivity index (χ1n) is 13.5. The van der Waals surface area contributed by atoms with E-state index in [-0.39, 0.29) is 12.2 Å². The summed E-state index contributed by atoms with van der Waals surface area (Å²) in [4.78, 5) is 55.8. The summed E-state index contributed by atoms with van der Waals surface area (Å²) in [7, 11) is 0. The summed E-state index contributed by atoms with van der Waals surface area (Å²) in [5.74, 6) is -4.48. The number of halogens is 2. The number of alkyl carbamates (subject to hydrolysis) is 1. The Morgan fingerprint density at radius 1 is 1.19 bits per heavy atom. The molecule has 224 valence electrons. The third-order valence-electron chi connectivity index (χ3n) is 5.92. The number of likely N-dealkylation sites (tertiary alicyclic amines) is 1. The lowest BCUT2D eigenvalue weighted by Gasteiger charge is -2.21. The van der Waals surface area contributed by atoms with Crippen LogP contribution in [0.3, 0.4) is 0 Å². The maximum atomic E-state index is 14.3. The van der Waals surface area contributed by atoms with Crippen LogP contribution >= 0.6 is 0 Å². The Labute approximate surface area is 241 Å². The highest BCUT2D eigenvalue weighted by Crippen LogP contribution is 2.22. The highest BCUT2D eigenvalue weighted by atomic mass is 19.3. The first-order valence-corrected chi connectivity index (χ1v) is 13.5. The number of aliphatic carboxylic acids is 1. The number of para-hydroxylation sites is 2. The molecule has 0 saturated carbocycles. The minimum atomic E-state index is -3.53. The zero-order chi connectivity index (χ0) is 30.9. The van der Waals surface area contributed by atoms with Gasteiger partial charge in [-0.25, -0.2) is 14.6 Å². The number of ether oxygens (including phenoxy) is 1. The van der Waals surface area contributed by atoms with Crippen LogP contribution in [-0.4, -0.2) is 69.6 Å². The number of rotatable bonds is 8. The van der Waals surface area contributed by atoms with Gasteiger partial charge in [0.25, 0.3) is 11.5 Å². The normalized spacial score (nSPS) is 15.0. The predicted octanol–water partition coefficient (Wildman–Crippen LogP) is 4.70. The van der Waals surface area contributed by atoms with Gasteiger partial charge in [0.2, 0.25) is 5.91 Å². The molecule has 3 N–H and O–H groups in total. The van der Waals surface area contributed by atoms with E-state index < -0.39 is 48.6 Å². The SMILES string of the molecule is CC(C)C.O=C(NCC(=O)N1CCCC1C(=O)O)OCC(F)(F)/C=C/c1cccc(-c2nc3ccccc3[nH]c2=O)c1. The molecule has 0 spiro atoms. The van der Waals surface area contributed by atoms with Gasteiger partial charge in [-0.15, -0.1) is 0 Å². The van der Waals surface area contributed by atoms with Gasteiger partial charge in [0.05, 0.1) is 11.0 Å². The summed E-state index contributed by atoms with van der Waals surface area (Å²) in [5, 5.41) is 11.2. The van der Waals surface area contributed by atoms with E-state index in [2.05, 4.69) is 40.8 Å². The topological polar surface area (TPSA) is 142 Å². The number of nitrogens with zero attached hydrogens (tertiary/aromatic N) is 2. The van der Waals surface area contributed by atoms with Crippen LogP contribution in [0.15, 0.2) is 59.4 Å². The van der Waals surface area contributed by atoms with Gasteiger partial charge in [0.1, 0.15) is 18.3 Å². The van der Waals surface area contributed by atoms with Crippen molar-refractivity contribution in [3.05, 3.63) is 70.5 Å². The second-order valence-electron chi connectivity index (χ2n) is 10.4. The summed E-state index contributed by atoms with van der Waals surface area (Å²) >= 11 is 0. The number of aromatic nitrogens is 2. The molecule has 2 amide bonds. The molecule has 4 rings (SSSR count). The molecule has 1 aliphatic heterocycles. The van der Waals surface area contributed by atoms with E-state index in [1.807, 2.05) is 0 Å². The van der Waals surface area contributed by atoms with Crippen LogP contribution in [0, 0.1) is 5.92 Å². The van der Waals surface area contributed by atoms with Crippen molar-refractivity contribution in [1.82, 2.24) is 20.2 Å². The largest absolute Gasteiger partial charge is 0.480 e. The first kappa shape index (κ1) is 31.9. The average Bonchev–Trinajstić information content (AvgIpc) is 3.44. The second-order valence-corrected chi connectivity index (χ2v) is 10.4. The van der Waals surface area contributed by atoms with Gasteiger partial charge < -0.3 is 25.0 Å². The lowest BCUT2D eigenvalue weighted by atomic mass is 10.1. The number of nitrogens with one attached hydrogen (secondary N) is 2. The number of fused-ring (bicyclic) bond motifs is 1. The fraction of sp³-hybridized carbons (Fsp3) is 0.367. The molecule has 0 aliphatic carbocycles. The van der Waals surface area contributed by atoms with E-state index in [4.69, 9.17) is 5.11 Å². The molecule has 10 nitrogen and oxygen atoms in total. The number of alkyl halides is 2. The van der Waals surface area contributed by atoms with Crippen molar-refractivity contribution in [2.24, 2.45) is 5.92 Å². The number of hydrogen-bond donors (Lipinski definition) is 3. The van der Waals surface area contributed by atoms with Crippen LogP contribution < -0.4 is 10.9 Å². The number of aromatic amines is 1. The van der Waals surface area contributed by atoms with Crippen LogP contribution in [0.2, 0.25) is 0 Å². The molecule has 1 aromatic heterocycles. The van der Waals surface area contributed by atoms with Gasteiger partial charge in [-0.3, -0.25) is 9.59 Å². The molecule has 1 saturated heterocycles. The van der Waals surface area contributed by atoms with Crippen molar-refractivity contribution in [2.45, 2.75) is 45.6 Å². The standard InChI is InChI=1S/C26H24F2N4O6.C4H10/c27-26(28,15-38-25(37)29-14-21(33)32-12-4-9-20(32)24(35)36)11-10-16-5-3-6-17(13-16)22-23(34)31-19-8-2-1-7-18(19)30-22;1-4(2)3/h1-3,5-8,10-11,13,20H,4,9,12,14-15H2,(H,29,37)(H,31,34)(H,35,36);4H,1-3H3/b11-10+;. The van der Waals surface area contributed by atoms with E-state index >= 15 is 0 Å². The van der Waals surface area contributed by atoms with Gasteiger partial charge >= 0.3 is 12.1 Å². The van der Waals surface area contributed by atoms with Crippen LogP contribution in [0.5, 0.6) is 0 Å². The molecule has 1 atom stereocenters. The molecule has 1 aliphatic rings. The zero-order valence-corrected chi connectivity index (χ0v) is 23.6. The van der Waals surface area contributed by atoms with E-state index in [9.17, 15) is 28.0 Å². The monoisotopic (exact) mass is 584 g/mol. The minimum Gasteiger partial charge on any atom is -0.480 e. The van der Waals surface area contributed by atoms with Crippen LogP contribution in [0.1, 0.15) is 39.2 Å². The maximum Gasteiger partial charge on any atom is 0.407 e. The number of carboxylic acid groups (broad SMARTS) is 1. The van der Waals surface area contributed by atoms with E-state index in [0.29, 0.717) is 41.1 Å². The van der Waals surface area contributed by atoms with Crippen molar-refractivity contribution >= 4 is 35.1 Å². The quantitative estimate of drug-likeness (QED) is 0.348. The van der Waals surface area contributed by atoms with Crippen molar-refractivity contribution in [3.63, 3.8) is 0 Å². The van der Waals surface area contributed by atoms with Crippen LogP contribution in [0.25, 0.3) is 28.4 Å².